The minimum Gasteiger partial charge on any atom is -0.491 e. The number of aryl methyl sites for hydroxylation is 1. The van der Waals surface area contributed by atoms with Crippen molar-refractivity contribution in [3.8, 4) is 5.75 Å². The fourth-order valence-corrected chi connectivity index (χ4v) is 5.56. The Labute approximate surface area is 221 Å². The minimum absolute atomic E-state index is 0.00901. The van der Waals surface area contributed by atoms with Crippen molar-refractivity contribution >= 4 is 40.6 Å². The van der Waals surface area contributed by atoms with E-state index >= 15 is 0 Å². The second-order valence-electron chi connectivity index (χ2n) is 9.44. The molecule has 2 heterocycles. The number of nitrogens with one attached hydrogen (secondary N) is 1. The molecule has 4 rings (SSSR count). The molecule has 1 aromatic heterocycles. The first-order valence-electron chi connectivity index (χ1n) is 12.2. The van der Waals surface area contributed by atoms with Crippen LogP contribution in [-0.4, -0.2) is 48.0 Å². The monoisotopic (exact) mass is 525 g/mol. The van der Waals surface area contributed by atoms with E-state index in [9.17, 15) is 9.59 Å². The average Bonchev–Trinajstić information content (AvgIpc) is 3.32. The summed E-state index contributed by atoms with van der Waals surface area (Å²) in [4.78, 5) is 31.5. The van der Waals surface area contributed by atoms with Crippen molar-refractivity contribution in [3.63, 3.8) is 0 Å². The molecule has 6 nitrogen and oxygen atoms in total. The van der Waals surface area contributed by atoms with Crippen LogP contribution in [0, 0.1) is 12.8 Å². The molecule has 8 heteroatoms. The molecule has 3 amide bonds. The lowest BCUT2D eigenvalue weighted by Gasteiger charge is -2.37. The molecule has 0 saturated heterocycles. The van der Waals surface area contributed by atoms with Crippen molar-refractivity contribution < 1.29 is 14.3 Å². The summed E-state index contributed by atoms with van der Waals surface area (Å²) in [6.07, 6.45) is 0.804. The van der Waals surface area contributed by atoms with Crippen molar-refractivity contribution in [2.75, 3.05) is 31.6 Å². The number of carbonyl (C=O) groups excluding carboxylic acids is 2. The van der Waals surface area contributed by atoms with E-state index in [4.69, 9.17) is 16.3 Å². The Kier molecular flexibility index (Phi) is 8.54. The van der Waals surface area contributed by atoms with Gasteiger partial charge in [-0.05, 0) is 66.1 Å². The summed E-state index contributed by atoms with van der Waals surface area (Å²) < 4.78 is 6.20. The van der Waals surface area contributed by atoms with E-state index in [1.165, 1.54) is 4.88 Å². The van der Waals surface area contributed by atoms with Gasteiger partial charge in [-0.2, -0.15) is 0 Å². The van der Waals surface area contributed by atoms with Gasteiger partial charge in [-0.3, -0.25) is 4.79 Å². The Morgan fingerprint density at radius 3 is 2.75 bits per heavy atom. The molecule has 0 saturated carbocycles. The number of amides is 3. The van der Waals surface area contributed by atoms with E-state index in [0.717, 1.165) is 23.3 Å². The van der Waals surface area contributed by atoms with Gasteiger partial charge in [-0.15, -0.1) is 11.3 Å². The van der Waals surface area contributed by atoms with Crippen LogP contribution >= 0.6 is 22.9 Å². The summed E-state index contributed by atoms with van der Waals surface area (Å²) in [6, 6.07) is 16.4. The van der Waals surface area contributed by atoms with Gasteiger partial charge in [0, 0.05) is 28.7 Å². The molecule has 0 bridgehead atoms. The van der Waals surface area contributed by atoms with Crippen molar-refractivity contribution in [1.82, 2.24) is 9.80 Å². The smallest absolute Gasteiger partial charge is 0.322 e. The Hall–Kier alpha value is -3.03. The maximum atomic E-state index is 13.7. The molecule has 190 valence electrons. The fourth-order valence-electron chi connectivity index (χ4n) is 4.44. The predicted molar refractivity (Wildman–Crippen MR) is 146 cm³/mol. The van der Waals surface area contributed by atoms with Crippen molar-refractivity contribution in [2.24, 2.45) is 5.92 Å². The molecule has 0 fully saturated rings. The van der Waals surface area contributed by atoms with Gasteiger partial charge in [0.25, 0.3) is 0 Å². The lowest BCUT2D eigenvalue weighted by molar-refractivity contribution is -0.135. The number of carbonyl (C=O) groups is 2. The second kappa shape index (κ2) is 11.8. The zero-order chi connectivity index (χ0) is 25.7. The zero-order valence-electron chi connectivity index (χ0n) is 20.9. The fraction of sp³-hybridized carbons (Fsp3) is 0.357. The van der Waals surface area contributed by atoms with Crippen LogP contribution in [-0.2, 0) is 11.2 Å². The van der Waals surface area contributed by atoms with E-state index in [0.29, 0.717) is 30.4 Å². The summed E-state index contributed by atoms with van der Waals surface area (Å²) in [7, 11) is 0. The SMILES string of the molecule is Cc1ccccc1OC[C@H]1c2ccsc2CCN1C(=O)CN(CC(C)C)C(=O)Nc1cccc(Cl)c1. The van der Waals surface area contributed by atoms with Crippen LogP contribution in [0.25, 0.3) is 0 Å². The maximum absolute atomic E-state index is 13.7. The van der Waals surface area contributed by atoms with E-state index < -0.39 is 0 Å². The standard InChI is InChI=1S/C28H32ClN3O3S/c1-19(2)16-31(28(34)30-22-9-6-8-21(29)15-22)17-27(33)32-13-11-26-23(12-14-36-26)24(32)18-35-25-10-5-4-7-20(25)3/h4-10,12,14-15,19,24H,11,13,16-18H2,1-3H3,(H,30,34)/t24-/m0/s1. The summed E-state index contributed by atoms with van der Waals surface area (Å²) in [6.45, 7) is 7.48. The van der Waals surface area contributed by atoms with Crippen LogP contribution < -0.4 is 10.1 Å². The Balaban J connectivity index is 1.50. The number of halogens is 1. The molecule has 0 radical (unpaired) electrons. The summed E-state index contributed by atoms with van der Waals surface area (Å²) in [5.74, 6) is 0.926. The summed E-state index contributed by atoms with van der Waals surface area (Å²) in [5, 5.41) is 5.49. The van der Waals surface area contributed by atoms with Gasteiger partial charge in [-0.1, -0.05) is 49.7 Å². The molecule has 1 N–H and O–H groups in total. The molecule has 0 unspecified atom stereocenters. The lowest BCUT2D eigenvalue weighted by atomic mass is 10.00. The third kappa shape index (κ3) is 6.39. The van der Waals surface area contributed by atoms with Crippen LogP contribution in [0.5, 0.6) is 5.75 Å². The number of hydrogen-bond acceptors (Lipinski definition) is 4. The molecular formula is C28H32ClN3O3S. The van der Waals surface area contributed by atoms with Gasteiger partial charge in [0.2, 0.25) is 5.91 Å². The number of thiophene rings is 1. The first-order chi connectivity index (χ1) is 17.3. The number of urea groups is 1. The Morgan fingerprint density at radius 1 is 1.19 bits per heavy atom. The van der Waals surface area contributed by atoms with Gasteiger partial charge >= 0.3 is 6.03 Å². The molecule has 36 heavy (non-hydrogen) atoms. The number of hydrogen-bond donors (Lipinski definition) is 1. The van der Waals surface area contributed by atoms with Gasteiger partial charge in [0.1, 0.15) is 18.9 Å². The van der Waals surface area contributed by atoms with Gasteiger partial charge < -0.3 is 19.9 Å². The summed E-state index contributed by atoms with van der Waals surface area (Å²) in [5.41, 5.74) is 2.78. The van der Waals surface area contributed by atoms with Gasteiger partial charge in [0.15, 0.2) is 0 Å². The van der Waals surface area contributed by atoms with E-state index in [1.54, 1.807) is 40.5 Å². The predicted octanol–water partition coefficient (Wildman–Crippen LogP) is 6.40. The second-order valence-corrected chi connectivity index (χ2v) is 10.9. The van der Waals surface area contributed by atoms with Crippen LogP contribution in [0.3, 0.4) is 0 Å². The normalized spacial score (nSPS) is 14.9. The molecule has 0 aliphatic carbocycles. The van der Waals surface area contributed by atoms with Gasteiger partial charge in [-0.25, -0.2) is 4.79 Å². The number of nitrogens with zero attached hydrogens (tertiary/aromatic N) is 2. The minimum atomic E-state index is -0.319. The van der Waals surface area contributed by atoms with Crippen molar-refractivity contribution in [1.29, 1.82) is 0 Å². The number of ether oxygens (including phenoxy) is 1. The average molecular weight is 526 g/mol. The Bertz CT molecular complexity index is 1210. The topological polar surface area (TPSA) is 61.9 Å². The largest absolute Gasteiger partial charge is 0.491 e. The highest BCUT2D eigenvalue weighted by atomic mass is 35.5. The lowest BCUT2D eigenvalue weighted by Crippen LogP contribution is -2.49. The third-order valence-electron chi connectivity index (χ3n) is 6.18. The van der Waals surface area contributed by atoms with Crippen LogP contribution in [0.15, 0.2) is 60.0 Å². The molecule has 2 aromatic carbocycles. The molecule has 1 atom stereocenters. The number of anilines is 1. The van der Waals surface area contributed by atoms with Crippen LogP contribution in [0.2, 0.25) is 5.02 Å². The number of benzene rings is 2. The number of rotatable bonds is 8. The third-order valence-corrected chi connectivity index (χ3v) is 7.41. The van der Waals surface area contributed by atoms with E-state index in [-0.39, 0.29) is 30.4 Å². The molecular weight excluding hydrogens is 494 g/mol. The van der Waals surface area contributed by atoms with Crippen LogP contribution in [0.4, 0.5) is 10.5 Å². The summed E-state index contributed by atoms with van der Waals surface area (Å²) >= 11 is 7.79. The Morgan fingerprint density at radius 2 is 2.00 bits per heavy atom. The first-order valence-corrected chi connectivity index (χ1v) is 13.4. The molecule has 3 aromatic rings. The van der Waals surface area contributed by atoms with Gasteiger partial charge in [0.05, 0.1) is 6.04 Å². The maximum Gasteiger partial charge on any atom is 0.322 e. The molecule has 1 aliphatic rings. The van der Waals surface area contributed by atoms with Crippen molar-refractivity contribution in [3.05, 3.63) is 81.0 Å². The quantitative estimate of drug-likeness (QED) is 0.370. The highest BCUT2D eigenvalue weighted by molar-refractivity contribution is 7.10. The molecule has 0 spiro atoms. The number of para-hydroxylation sites is 1. The van der Waals surface area contributed by atoms with Crippen LogP contribution in [0.1, 0.15) is 35.9 Å². The zero-order valence-corrected chi connectivity index (χ0v) is 22.4. The molecule has 1 aliphatic heterocycles. The number of fused-ring (bicyclic) bond motifs is 1. The highest BCUT2D eigenvalue weighted by Crippen LogP contribution is 2.34. The highest BCUT2D eigenvalue weighted by Gasteiger charge is 2.33. The van der Waals surface area contributed by atoms with E-state index in [1.807, 2.05) is 49.9 Å². The first kappa shape index (κ1) is 26.0. The van der Waals surface area contributed by atoms with Crippen molar-refractivity contribution in [2.45, 2.75) is 33.2 Å². The van der Waals surface area contributed by atoms with E-state index in [2.05, 4.69) is 16.8 Å².